The molecule has 0 fully saturated rings. The van der Waals surface area contributed by atoms with E-state index in [1.165, 1.54) is 0 Å². The lowest BCUT2D eigenvalue weighted by molar-refractivity contribution is 0.0626. The Labute approximate surface area is 117 Å². The van der Waals surface area contributed by atoms with Gasteiger partial charge in [-0.15, -0.1) is 11.8 Å². The molecule has 0 spiro atoms. The molecule has 0 aromatic rings. The lowest BCUT2D eigenvalue weighted by Crippen LogP contribution is -2.47. The molecule has 0 bridgehead atoms. The van der Waals surface area contributed by atoms with Crippen LogP contribution < -0.4 is 5.73 Å². The summed E-state index contributed by atoms with van der Waals surface area (Å²) in [6.07, 6.45) is 2.04. The normalized spacial score (nSPS) is 13.8. The van der Waals surface area contributed by atoms with Gasteiger partial charge >= 0.3 is 8.80 Å². The first-order valence-electron chi connectivity index (χ1n) is 6.91. The third-order valence-corrected chi connectivity index (χ3v) is 6.87. The molecule has 0 radical (unpaired) electrons. The molecule has 4 nitrogen and oxygen atoms in total. The minimum atomic E-state index is -2.47. The van der Waals surface area contributed by atoms with Gasteiger partial charge in [0, 0.05) is 19.3 Å². The molecule has 0 heterocycles. The molecular formula is C12H29NO3SSi. The Morgan fingerprint density at radius 2 is 1.78 bits per heavy atom. The van der Waals surface area contributed by atoms with Crippen molar-refractivity contribution >= 4 is 20.6 Å². The third kappa shape index (κ3) is 7.76. The van der Waals surface area contributed by atoms with Gasteiger partial charge in [0.2, 0.25) is 0 Å². The van der Waals surface area contributed by atoms with Gasteiger partial charge in [-0.1, -0.05) is 13.3 Å². The summed E-state index contributed by atoms with van der Waals surface area (Å²) in [7, 11) is -2.47. The highest BCUT2D eigenvalue weighted by Gasteiger charge is 2.41. The van der Waals surface area contributed by atoms with Crippen LogP contribution in [0.25, 0.3) is 0 Å². The predicted octanol–water partition coefficient (Wildman–Crippen LogP) is 2.85. The van der Waals surface area contributed by atoms with Crippen molar-refractivity contribution in [1.29, 1.82) is 0 Å². The Kier molecular flexibility index (Phi) is 11.5. The molecule has 0 rings (SSSR count). The number of hydrogen-bond acceptors (Lipinski definition) is 5. The first-order chi connectivity index (χ1) is 8.64. The van der Waals surface area contributed by atoms with Crippen LogP contribution in [0.2, 0.25) is 6.04 Å². The summed E-state index contributed by atoms with van der Waals surface area (Å²) in [6.45, 7) is 10.2. The minimum absolute atomic E-state index is 0.105. The summed E-state index contributed by atoms with van der Waals surface area (Å²) in [6, 6.07) is 0.885. The zero-order valence-corrected chi connectivity index (χ0v) is 14.1. The molecule has 110 valence electrons. The van der Waals surface area contributed by atoms with Crippen molar-refractivity contribution in [2.45, 2.75) is 52.0 Å². The predicted molar refractivity (Wildman–Crippen MR) is 80.8 cm³/mol. The standard InChI is InChI=1S/C12H29NO3SSi/c1-5-11-18(14-6-2,15-7-3)16-12(4)17-10-8-9-13/h12H,5-11,13H2,1-4H3. The van der Waals surface area contributed by atoms with E-state index >= 15 is 0 Å². The molecule has 0 aromatic heterocycles. The number of hydrogen-bond donors (Lipinski definition) is 1. The van der Waals surface area contributed by atoms with E-state index in [-0.39, 0.29) is 5.44 Å². The van der Waals surface area contributed by atoms with E-state index in [2.05, 4.69) is 13.8 Å². The zero-order valence-electron chi connectivity index (χ0n) is 12.2. The molecule has 0 aliphatic carbocycles. The average molecular weight is 296 g/mol. The van der Waals surface area contributed by atoms with Crippen LogP contribution >= 0.6 is 11.8 Å². The fourth-order valence-corrected chi connectivity index (χ4v) is 5.68. The van der Waals surface area contributed by atoms with E-state index in [1.54, 1.807) is 11.8 Å². The van der Waals surface area contributed by atoms with E-state index in [0.717, 1.165) is 31.2 Å². The van der Waals surface area contributed by atoms with Crippen molar-refractivity contribution in [3.63, 3.8) is 0 Å². The van der Waals surface area contributed by atoms with Crippen molar-refractivity contribution in [2.75, 3.05) is 25.5 Å². The van der Waals surface area contributed by atoms with Gasteiger partial charge in [0.25, 0.3) is 0 Å². The van der Waals surface area contributed by atoms with Crippen LogP contribution in [-0.4, -0.2) is 39.8 Å². The zero-order chi connectivity index (χ0) is 13.9. The lowest BCUT2D eigenvalue weighted by Gasteiger charge is -2.31. The van der Waals surface area contributed by atoms with Crippen molar-refractivity contribution < 1.29 is 13.3 Å². The van der Waals surface area contributed by atoms with Gasteiger partial charge in [0.15, 0.2) is 0 Å². The molecule has 0 amide bonds. The number of rotatable bonds is 12. The Morgan fingerprint density at radius 3 is 2.22 bits per heavy atom. The van der Waals surface area contributed by atoms with Crippen LogP contribution in [0.4, 0.5) is 0 Å². The highest BCUT2D eigenvalue weighted by atomic mass is 32.2. The Bertz CT molecular complexity index is 181. The summed E-state index contributed by atoms with van der Waals surface area (Å²) >= 11 is 1.78. The highest BCUT2D eigenvalue weighted by molar-refractivity contribution is 7.99. The maximum atomic E-state index is 6.12. The summed E-state index contributed by atoms with van der Waals surface area (Å²) < 4.78 is 17.8. The second-order valence-corrected chi connectivity index (χ2v) is 8.08. The van der Waals surface area contributed by atoms with Crippen LogP contribution in [-0.2, 0) is 13.3 Å². The van der Waals surface area contributed by atoms with Crippen molar-refractivity contribution in [3.8, 4) is 0 Å². The average Bonchev–Trinajstić information content (AvgIpc) is 2.30. The maximum absolute atomic E-state index is 6.12. The lowest BCUT2D eigenvalue weighted by atomic mass is 10.5. The summed E-state index contributed by atoms with van der Waals surface area (Å²) in [5.74, 6) is 1.02. The third-order valence-electron chi connectivity index (χ3n) is 2.33. The molecule has 2 N–H and O–H groups in total. The first-order valence-corrected chi connectivity index (χ1v) is 9.89. The Morgan fingerprint density at radius 1 is 1.17 bits per heavy atom. The molecule has 0 saturated carbocycles. The largest absolute Gasteiger partial charge is 0.501 e. The van der Waals surface area contributed by atoms with Crippen molar-refractivity contribution in [2.24, 2.45) is 5.73 Å². The molecule has 0 aromatic carbocycles. The van der Waals surface area contributed by atoms with Gasteiger partial charge < -0.3 is 19.0 Å². The molecule has 1 atom stereocenters. The van der Waals surface area contributed by atoms with E-state index < -0.39 is 8.80 Å². The van der Waals surface area contributed by atoms with E-state index in [4.69, 9.17) is 19.0 Å². The van der Waals surface area contributed by atoms with Crippen molar-refractivity contribution in [1.82, 2.24) is 0 Å². The van der Waals surface area contributed by atoms with Gasteiger partial charge in [-0.05, 0) is 39.5 Å². The number of nitrogens with two attached hydrogens (primary N) is 1. The highest BCUT2D eigenvalue weighted by Crippen LogP contribution is 2.24. The van der Waals surface area contributed by atoms with Crippen LogP contribution in [0.5, 0.6) is 0 Å². The molecule has 0 aliphatic rings. The van der Waals surface area contributed by atoms with Crippen molar-refractivity contribution in [3.05, 3.63) is 0 Å². The molecule has 0 saturated heterocycles. The van der Waals surface area contributed by atoms with Gasteiger partial charge in [0.05, 0.1) is 5.44 Å². The quantitative estimate of drug-likeness (QED) is 0.341. The van der Waals surface area contributed by atoms with Crippen LogP contribution in [0.15, 0.2) is 0 Å². The summed E-state index contributed by atoms with van der Waals surface area (Å²) in [4.78, 5) is 0. The van der Waals surface area contributed by atoms with Gasteiger partial charge in [-0.2, -0.15) is 0 Å². The fourth-order valence-electron chi connectivity index (χ4n) is 1.68. The SMILES string of the molecule is CCC[Si](OCC)(OCC)OC(C)SCCCN. The van der Waals surface area contributed by atoms with Crippen LogP contribution in [0.3, 0.4) is 0 Å². The Balaban J connectivity index is 4.34. The van der Waals surface area contributed by atoms with Gasteiger partial charge in [-0.25, -0.2) is 0 Å². The van der Waals surface area contributed by atoms with E-state index in [9.17, 15) is 0 Å². The van der Waals surface area contributed by atoms with Gasteiger partial charge in [-0.3, -0.25) is 0 Å². The van der Waals surface area contributed by atoms with Crippen LogP contribution in [0.1, 0.15) is 40.5 Å². The second-order valence-electron chi connectivity index (χ2n) is 4.00. The smallest absolute Gasteiger partial charge is 0.374 e. The maximum Gasteiger partial charge on any atom is 0.501 e. The molecule has 0 aliphatic heterocycles. The van der Waals surface area contributed by atoms with E-state index in [1.807, 2.05) is 13.8 Å². The molecule has 1 unspecified atom stereocenters. The summed E-state index contributed by atoms with van der Waals surface area (Å²) in [5, 5.41) is 0. The Hall–Kier alpha value is 0.407. The fraction of sp³-hybridized carbons (Fsp3) is 1.00. The topological polar surface area (TPSA) is 53.7 Å². The minimum Gasteiger partial charge on any atom is -0.374 e. The van der Waals surface area contributed by atoms with Crippen LogP contribution in [0, 0.1) is 0 Å². The van der Waals surface area contributed by atoms with Gasteiger partial charge in [0.1, 0.15) is 0 Å². The molecule has 18 heavy (non-hydrogen) atoms. The summed E-state index contributed by atoms with van der Waals surface area (Å²) in [5.41, 5.74) is 5.59. The molecular weight excluding hydrogens is 266 g/mol. The van der Waals surface area contributed by atoms with E-state index in [0.29, 0.717) is 13.2 Å². The number of thioether (sulfide) groups is 1. The monoisotopic (exact) mass is 295 g/mol. The first kappa shape index (κ1) is 18.4. The second kappa shape index (κ2) is 11.3. The molecule has 6 heteroatoms.